The molecular formula is C12H17NOS. The molecule has 1 aromatic rings. The van der Waals surface area contributed by atoms with Gasteiger partial charge in [0.05, 0.1) is 5.54 Å². The second kappa shape index (κ2) is 4.45. The molecule has 0 radical (unpaired) electrons. The van der Waals surface area contributed by atoms with E-state index in [0.717, 1.165) is 25.8 Å². The van der Waals surface area contributed by atoms with Crippen molar-refractivity contribution in [2.24, 2.45) is 0 Å². The van der Waals surface area contributed by atoms with Crippen LogP contribution in [0, 0.1) is 0 Å². The molecule has 1 fully saturated rings. The van der Waals surface area contributed by atoms with E-state index in [1.807, 2.05) is 17.5 Å². The van der Waals surface area contributed by atoms with Crippen LogP contribution in [0.25, 0.3) is 0 Å². The first-order valence-corrected chi connectivity index (χ1v) is 6.45. The Kier molecular flexibility index (Phi) is 3.22. The summed E-state index contributed by atoms with van der Waals surface area (Å²) in [6, 6.07) is 4.05. The maximum Gasteiger partial charge on any atom is 0.158 e. The number of carbonyl (C=O) groups excluding carboxylic acids is 1. The summed E-state index contributed by atoms with van der Waals surface area (Å²) in [7, 11) is 0. The highest BCUT2D eigenvalue weighted by Crippen LogP contribution is 2.26. The van der Waals surface area contributed by atoms with E-state index in [1.165, 1.54) is 4.88 Å². The minimum Gasteiger partial charge on any atom is -0.305 e. The summed E-state index contributed by atoms with van der Waals surface area (Å²) in [4.78, 5) is 13.4. The van der Waals surface area contributed by atoms with Gasteiger partial charge in [-0.3, -0.25) is 4.79 Å². The lowest BCUT2D eigenvalue weighted by atomic mass is 9.87. The van der Waals surface area contributed by atoms with Crippen LogP contribution in [0.2, 0.25) is 0 Å². The lowest BCUT2D eigenvalue weighted by Gasteiger charge is -2.26. The van der Waals surface area contributed by atoms with Gasteiger partial charge in [-0.1, -0.05) is 13.0 Å². The molecule has 1 aromatic heterocycles. The van der Waals surface area contributed by atoms with Crippen molar-refractivity contribution < 1.29 is 4.79 Å². The van der Waals surface area contributed by atoms with Crippen molar-refractivity contribution in [1.82, 2.24) is 5.32 Å². The minimum absolute atomic E-state index is 0.218. The predicted molar refractivity (Wildman–Crippen MR) is 63.3 cm³/mol. The maximum absolute atomic E-state index is 12.2. The molecule has 1 atom stereocenters. The number of Topliss-reactive ketones (excluding diaryl/α,β-unsaturated/α-hetero) is 1. The van der Waals surface area contributed by atoms with Gasteiger partial charge >= 0.3 is 0 Å². The summed E-state index contributed by atoms with van der Waals surface area (Å²) in [5.74, 6) is 0.366. The number of hydrogen-bond acceptors (Lipinski definition) is 3. The molecule has 2 nitrogen and oxygen atoms in total. The normalized spacial score (nSPS) is 25.7. The van der Waals surface area contributed by atoms with E-state index in [2.05, 4.69) is 12.2 Å². The van der Waals surface area contributed by atoms with Crippen LogP contribution < -0.4 is 5.32 Å². The van der Waals surface area contributed by atoms with Gasteiger partial charge in [0, 0.05) is 11.3 Å². The highest BCUT2D eigenvalue weighted by molar-refractivity contribution is 7.10. The summed E-state index contributed by atoms with van der Waals surface area (Å²) in [5.41, 5.74) is -0.218. The lowest BCUT2D eigenvalue weighted by molar-refractivity contribution is -0.124. The molecule has 82 valence electrons. The van der Waals surface area contributed by atoms with Gasteiger partial charge in [0.1, 0.15) is 0 Å². The third-order valence-corrected chi connectivity index (χ3v) is 4.17. The highest BCUT2D eigenvalue weighted by Gasteiger charge is 2.38. The second-order valence-corrected chi connectivity index (χ2v) is 5.18. The van der Waals surface area contributed by atoms with E-state index >= 15 is 0 Å². The molecule has 1 aliphatic rings. The number of carbonyl (C=O) groups is 1. The number of ketones is 1. The molecule has 2 rings (SSSR count). The Morgan fingerprint density at radius 3 is 3.07 bits per heavy atom. The number of rotatable bonds is 4. The summed E-state index contributed by atoms with van der Waals surface area (Å²) in [6.07, 6.45) is 3.65. The molecule has 2 heterocycles. The van der Waals surface area contributed by atoms with Gasteiger partial charge < -0.3 is 5.32 Å². The van der Waals surface area contributed by atoms with Crippen molar-refractivity contribution in [2.75, 3.05) is 6.54 Å². The monoisotopic (exact) mass is 223 g/mol. The SMILES string of the molecule is CCC1(C(=O)Cc2cccs2)CCCN1. The van der Waals surface area contributed by atoms with Gasteiger partial charge in [0.15, 0.2) is 5.78 Å². The zero-order valence-electron chi connectivity index (χ0n) is 9.08. The van der Waals surface area contributed by atoms with E-state index < -0.39 is 0 Å². The van der Waals surface area contributed by atoms with Crippen molar-refractivity contribution in [2.45, 2.75) is 38.1 Å². The fourth-order valence-corrected chi connectivity index (χ4v) is 2.99. The Balaban J connectivity index is 2.06. The van der Waals surface area contributed by atoms with Gasteiger partial charge in [-0.05, 0) is 37.3 Å². The molecule has 1 unspecified atom stereocenters. The second-order valence-electron chi connectivity index (χ2n) is 4.15. The molecule has 0 spiro atoms. The Bertz CT molecular complexity index is 325. The first-order valence-electron chi connectivity index (χ1n) is 5.57. The molecule has 0 aliphatic carbocycles. The fraction of sp³-hybridized carbons (Fsp3) is 0.583. The van der Waals surface area contributed by atoms with Crippen LogP contribution in [0.4, 0.5) is 0 Å². The zero-order chi connectivity index (χ0) is 10.7. The van der Waals surface area contributed by atoms with Crippen molar-refractivity contribution in [3.63, 3.8) is 0 Å². The standard InChI is InChI=1S/C12H17NOS/c1-2-12(6-4-7-13-12)11(14)9-10-5-3-8-15-10/h3,5,8,13H,2,4,6-7,9H2,1H3. The van der Waals surface area contributed by atoms with Gasteiger partial charge in [0.2, 0.25) is 0 Å². The average molecular weight is 223 g/mol. The summed E-state index contributed by atoms with van der Waals surface area (Å²) < 4.78 is 0. The Labute approximate surface area is 94.7 Å². The van der Waals surface area contributed by atoms with Crippen molar-refractivity contribution in [1.29, 1.82) is 0 Å². The quantitative estimate of drug-likeness (QED) is 0.849. The topological polar surface area (TPSA) is 29.1 Å². The van der Waals surface area contributed by atoms with Crippen LogP contribution in [0.5, 0.6) is 0 Å². The average Bonchev–Trinajstić information content (AvgIpc) is 2.87. The van der Waals surface area contributed by atoms with Crippen molar-refractivity contribution >= 4 is 17.1 Å². The van der Waals surface area contributed by atoms with E-state index in [-0.39, 0.29) is 5.54 Å². The smallest absolute Gasteiger partial charge is 0.158 e. The third kappa shape index (κ3) is 2.13. The number of hydrogen-bond donors (Lipinski definition) is 1. The summed E-state index contributed by atoms with van der Waals surface area (Å²) in [5, 5.41) is 5.42. The molecule has 0 aromatic carbocycles. The molecule has 1 saturated heterocycles. The molecule has 3 heteroatoms. The van der Waals surface area contributed by atoms with E-state index in [1.54, 1.807) is 11.3 Å². The first kappa shape index (κ1) is 10.8. The molecule has 15 heavy (non-hydrogen) atoms. The van der Waals surface area contributed by atoms with Crippen molar-refractivity contribution in [3.8, 4) is 0 Å². The highest BCUT2D eigenvalue weighted by atomic mass is 32.1. The molecular weight excluding hydrogens is 206 g/mol. The van der Waals surface area contributed by atoms with Crippen LogP contribution >= 0.6 is 11.3 Å². The zero-order valence-corrected chi connectivity index (χ0v) is 9.90. The molecule has 1 aliphatic heterocycles. The minimum atomic E-state index is -0.218. The van der Waals surface area contributed by atoms with Crippen molar-refractivity contribution in [3.05, 3.63) is 22.4 Å². The number of thiophene rings is 1. The van der Waals surface area contributed by atoms with E-state index in [9.17, 15) is 4.79 Å². The van der Waals surface area contributed by atoms with Gasteiger partial charge in [-0.15, -0.1) is 11.3 Å². The molecule has 1 N–H and O–H groups in total. The van der Waals surface area contributed by atoms with Crippen LogP contribution in [-0.2, 0) is 11.2 Å². The largest absolute Gasteiger partial charge is 0.305 e. The maximum atomic E-state index is 12.2. The van der Waals surface area contributed by atoms with Crippen LogP contribution in [0.3, 0.4) is 0 Å². The Hall–Kier alpha value is -0.670. The van der Waals surface area contributed by atoms with Gasteiger partial charge in [-0.25, -0.2) is 0 Å². The van der Waals surface area contributed by atoms with Crippen LogP contribution in [-0.4, -0.2) is 17.9 Å². The van der Waals surface area contributed by atoms with Crippen LogP contribution in [0.1, 0.15) is 31.1 Å². The predicted octanol–water partition coefficient (Wildman–Crippen LogP) is 2.39. The molecule has 0 bridgehead atoms. The van der Waals surface area contributed by atoms with E-state index in [0.29, 0.717) is 12.2 Å². The number of nitrogens with one attached hydrogen (secondary N) is 1. The van der Waals surface area contributed by atoms with Gasteiger partial charge in [-0.2, -0.15) is 0 Å². The van der Waals surface area contributed by atoms with E-state index in [4.69, 9.17) is 0 Å². The Morgan fingerprint density at radius 1 is 1.67 bits per heavy atom. The van der Waals surface area contributed by atoms with Gasteiger partial charge in [0.25, 0.3) is 0 Å². The molecule has 0 amide bonds. The third-order valence-electron chi connectivity index (χ3n) is 3.30. The van der Waals surface area contributed by atoms with Crippen LogP contribution in [0.15, 0.2) is 17.5 Å². The molecule has 0 saturated carbocycles. The summed E-state index contributed by atoms with van der Waals surface area (Å²) in [6.45, 7) is 3.09. The summed E-state index contributed by atoms with van der Waals surface area (Å²) >= 11 is 1.67. The first-order chi connectivity index (χ1) is 7.27. The Morgan fingerprint density at radius 2 is 2.53 bits per heavy atom. The lowest BCUT2D eigenvalue weighted by Crippen LogP contribution is -2.47. The fourth-order valence-electron chi connectivity index (χ4n) is 2.28.